The van der Waals surface area contributed by atoms with E-state index in [0.29, 0.717) is 23.7 Å². The number of benzene rings is 1. The van der Waals surface area contributed by atoms with Gasteiger partial charge in [0.2, 0.25) is 10.0 Å². The van der Waals surface area contributed by atoms with Gasteiger partial charge in [-0.2, -0.15) is 0 Å². The zero-order valence-electron chi connectivity index (χ0n) is 12.9. The maximum Gasteiger partial charge on any atom is 0.258 e. The first kappa shape index (κ1) is 16.9. The van der Waals surface area contributed by atoms with Crippen molar-refractivity contribution in [2.75, 3.05) is 24.2 Å². The van der Waals surface area contributed by atoms with E-state index in [1.807, 2.05) is 0 Å². The minimum Gasteiger partial charge on any atom is -0.484 e. The van der Waals surface area contributed by atoms with Crippen LogP contribution in [0.5, 0.6) is 5.75 Å². The van der Waals surface area contributed by atoms with Gasteiger partial charge >= 0.3 is 0 Å². The normalized spacial score (nSPS) is 11.0. The van der Waals surface area contributed by atoms with Crippen LogP contribution in [0.15, 0.2) is 47.1 Å². The Hall–Kier alpha value is -2.48. The predicted molar refractivity (Wildman–Crippen MR) is 85.7 cm³/mol. The number of anilines is 1. The van der Waals surface area contributed by atoms with E-state index in [9.17, 15) is 13.2 Å². The summed E-state index contributed by atoms with van der Waals surface area (Å²) in [6, 6.07) is 9.94. The minimum absolute atomic E-state index is 0.137. The van der Waals surface area contributed by atoms with Crippen LogP contribution in [0.2, 0.25) is 0 Å². The summed E-state index contributed by atoms with van der Waals surface area (Å²) in [5.41, 5.74) is 0.516. The highest BCUT2D eigenvalue weighted by molar-refractivity contribution is 7.92. The van der Waals surface area contributed by atoms with Gasteiger partial charge in [0.05, 0.1) is 24.8 Å². The standard InChI is InChI=1S/C15H18N2O5S/c1-17(23(2,19)20)12-5-7-13(8-6-12)22-11-15(18)16-10-14-4-3-9-21-14/h3-9H,10-11H2,1-2H3,(H,16,18). The van der Waals surface area contributed by atoms with Crippen LogP contribution in [0.3, 0.4) is 0 Å². The van der Waals surface area contributed by atoms with Crippen LogP contribution in [-0.2, 0) is 21.4 Å². The van der Waals surface area contributed by atoms with E-state index in [-0.39, 0.29) is 12.5 Å². The molecule has 23 heavy (non-hydrogen) atoms. The van der Waals surface area contributed by atoms with Crippen molar-refractivity contribution >= 4 is 21.6 Å². The molecule has 0 aliphatic carbocycles. The van der Waals surface area contributed by atoms with E-state index in [2.05, 4.69) is 5.32 Å². The van der Waals surface area contributed by atoms with Gasteiger partial charge in [0.25, 0.3) is 5.91 Å². The molecule has 0 radical (unpaired) electrons. The number of nitrogens with one attached hydrogen (secondary N) is 1. The zero-order chi connectivity index (χ0) is 16.9. The molecule has 0 atom stereocenters. The molecule has 0 spiro atoms. The molecule has 1 heterocycles. The third-order valence-corrected chi connectivity index (χ3v) is 4.31. The quantitative estimate of drug-likeness (QED) is 0.824. The van der Waals surface area contributed by atoms with Gasteiger partial charge in [-0.3, -0.25) is 9.10 Å². The number of hydrogen-bond donors (Lipinski definition) is 1. The third-order valence-electron chi connectivity index (χ3n) is 3.11. The number of nitrogens with zero attached hydrogens (tertiary/aromatic N) is 1. The summed E-state index contributed by atoms with van der Waals surface area (Å²) in [6.45, 7) is 0.162. The van der Waals surface area contributed by atoms with Gasteiger partial charge < -0.3 is 14.5 Å². The van der Waals surface area contributed by atoms with Gasteiger partial charge in [0.1, 0.15) is 11.5 Å². The SMILES string of the molecule is CN(c1ccc(OCC(=O)NCc2ccco2)cc1)S(C)(=O)=O. The summed E-state index contributed by atoms with van der Waals surface area (Å²) in [5.74, 6) is 0.856. The van der Waals surface area contributed by atoms with Crippen LogP contribution < -0.4 is 14.4 Å². The Bertz CT molecular complexity index is 739. The molecular weight excluding hydrogens is 320 g/mol. The number of rotatable bonds is 7. The predicted octanol–water partition coefficient (Wildman–Crippen LogP) is 1.37. The van der Waals surface area contributed by atoms with Gasteiger partial charge in [-0.05, 0) is 36.4 Å². The maximum atomic E-state index is 11.7. The first-order chi connectivity index (χ1) is 10.9. The molecule has 1 aromatic carbocycles. The number of hydrogen-bond acceptors (Lipinski definition) is 5. The van der Waals surface area contributed by atoms with Crippen molar-refractivity contribution in [3.05, 3.63) is 48.4 Å². The van der Waals surface area contributed by atoms with E-state index in [1.165, 1.54) is 13.3 Å². The first-order valence-corrected chi connectivity index (χ1v) is 8.67. The fourth-order valence-corrected chi connectivity index (χ4v) is 2.25. The second-order valence-electron chi connectivity index (χ2n) is 4.87. The van der Waals surface area contributed by atoms with Crippen LogP contribution in [0.4, 0.5) is 5.69 Å². The van der Waals surface area contributed by atoms with Crippen molar-refractivity contribution in [3.63, 3.8) is 0 Å². The van der Waals surface area contributed by atoms with Crippen LogP contribution >= 0.6 is 0 Å². The number of furan rings is 1. The molecule has 1 amide bonds. The van der Waals surface area contributed by atoms with E-state index in [1.54, 1.807) is 36.4 Å². The van der Waals surface area contributed by atoms with E-state index < -0.39 is 10.0 Å². The summed E-state index contributed by atoms with van der Waals surface area (Å²) in [7, 11) is -1.84. The van der Waals surface area contributed by atoms with Gasteiger partial charge in [0, 0.05) is 7.05 Å². The highest BCUT2D eigenvalue weighted by Gasteiger charge is 2.11. The first-order valence-electron chi connectivity index (χ1n) is 6.82. The molecule has 0 aliphatic rings. The zero-order valence-corrected chi connectivity index (χ0v) is 13.7. The Morgan fingerprint density at radius 1 is 1.26 bits per heavy atom. The molecule has 0 bridgehead atoms. The van der Waals surface area contributed by atoms with Gasteiger partial charge in [-0.25, -0.2) is 8.42 Å². The lowest BCUT2D eigenvalue weighted by atomic mass is 10.3. The number of carbonyl (C=O) groups excluding carboxylic acids is 1. The average molecular weight is 338 g/mol. The molecule has 0 unspecified atom stereocenters. The summed E-state index contributed by atoms with van der Waals surface area (Å²) in [6.07, 6.45) is 2.66. The lowest BCUT2D eigenvalue weighted by molar-refractivity contribution is -0.123. The van der Waals surface area contributed by atoms with E-state index in [0.717, 1.165) is 10.6 Å². The fourth-order valence-electron chi connectivity index (χ4n) is 1.74. The van der Waals surface area contributed by atoms with Gasteiger partial charge in [-0.1, -0.05) is 0 Å². The molecule has 8 heteroatoms. The van der Waals surface area contributed by atoms with Crippen molar-refractivity contribution in [2.45, 2.75) is 6.54 Å². The van der Waals surface area contributed by atoms with Crippen molar-refractivity contribution < 1.29 is 22.4 Å². The molecule has 2 rings (SSSR count). The lowest BCUT2D eigenvalue weighted by Crippen LogP contribution is -2.28. The minimum atomic E-state index is -3.30. The Morgan fingerprint density at radius 2 is 1.96 bits per heavy atom. The fraction of sp³-hybridized carbons (Fsp3) is 0.267. The Kier molecular flexibility index (Phi) is 5.28. The number of sulfonamides is 1. The Balaban J connectivity index is 1.83. The number of carbonyl (C=O) groups is 1. The second-order valence-corrected chi connectivity index (χ2v) is 6.88. The summed E-state index contributed by atoms with van der Waals surface area (Å²) in [5, 5.41) is 2.66. The van der Waals surface area contributed by atoms with Crippen LogP contribution in [0.1, 0.15) is 5.76 Å². The number of ether oxygens (including phenoxy) is 1. The molecular formula is C15H18N2O5S. The monoisotopic (exact) mass is 338 g/mol. The molecule has 0 saturated carbocycles. The van der Waals surface area contributed by atoms with Gasteiger partial charge in [0.15, 0.2) is 6.61 Å². The van der Waals surface area contributed by atoms with Gasteiger partial charge in [-0.15, -0.1) is 0 Å². The molecule has 124 valence electrons. The van der Waals surface area contributed by atoms with Crippen LogP contribution in [-0.4, -0.2) is 34.2 Å². The molecule has 0 saturated heterocycles. The van der Waals surface area contributed by atoms with Crippen molar-refractivity contribution in [3.8, 4) is 5.75 Å². The number of amides is 1. The highest BCUT2D eigenvalue weighted by atomic mass is 32.2. The van der Waals surface area contributed by atoms with E-state index in [4.69, 9.17) is 9.15 Å². The van der Waals surface area contributed by atoms with Crippen molar-refractivity contribution in [1.29, 1.82) is 0 Å². The topological polar surface area (TPSA) is 88.8 Å². The highest BCUT2D eigenvalue weighted by Crippen LogP contribution is 2.20. The summed E-state index contributed by atoms with van der Waals surface area (Å²) < 4.78 is 34.5. The Labute approximate surface area is 134 Å². The van der Waals surface area contributed by atoms with Crippen LogP contribution in [0, 0.1) is 0 Å². The van der Waals surface area contributed by atoms with Crippen molar-refractivity contribution in [2.24, 2.45) is 0 Å². The molecule has 1 N–H and O–H groups in total. The van der Waals surface area contributed by atoms with Crippen molar-refractivity contribution in [1.82, 2.24) is 5.32 Å². The average Bonchev–Trinajstić information content (AvgIpc) is 3.03. The summed E-state index contributed by atoms with van der Waals surface area (Å²) >= 11 is 0. The molecule has 0 fully saturated rings. The molecule has 1 aromatic heterocycles. The molecule has 0 aliphatic heterocycles. The third kappa shape index (κ3) is 5.03. The Morgan fingerprint density at radius 3 is 2.52 bits per heavy atom. The summed E-state index contributed by atoms with van der Waals surface area (Å²) in [4.78, 5) is 11.7. The molecule has 2 aromatic rings. The maximum absolute atomic E-state index is 11.7. The molecule has 7 nitrogen and oxygen atoms in total. The lowest BCUT2D eigenvalue weighted by Gasteiger charge is -2.16. The second kappa shape index (κ2) is 7.19. The van der Waals surface area contributed by atoms with Crippen LogP contribution in [0.25, 0.3) is 0 Å². The van der Waals surface area contributed by atoms with E-state index >= 15 is 0 Å². The smallest absolute Gasteiger partial charge is 0.258 e. The largest absolute Gasteiger partial charge is 0.484 e.